The monoisotopic (exact) mass is 482 g/mol. The minimum atomic E-state index is -0.182. The molecule has 0 aromatic heterocycles. The maximum Gasteiger partial charge on any atom is 0.191 e. The highest BCUT2D eigenvalue weighted by atomic mass is 127. The van der Waals surface area contributed by atoms with E-state index in [1.165, 1.54) is 6.07 Å². The van der Waals surface area contributed by atoms with E-state index >= 15 is 0 Å². The Balaban J connectivity index is 0.00000576. The molecule has 0 unspecified atom stereocenters. The van der Waals surface area contributed by atoms with E-state index in [1.807, 2.05) is 12.3 Å². The summed E-state index contributed by atoms with van der Waals surface area (Å²) in [4.78, 5) is 6.66. The Morgan fingerprint density at radius 1 is 1.28 bits per heavy atom. The van der Waals surface area contributed by atoms with Crippen LogP contribution in [0.4, 0.5) is 4.39 Å². The number of halogens is 2. The van der Waals surface area contributed by atoms with Crippen molar-refractivity contribution < 1.29 is 4.39 Å². The van der Waals surface area contributed by atoms with Crippen LogP contribution >= 0.6 is 35.7 Å². The summed E-state index contributed by atoms with van der Waals surface area (Å²) in [5, 5.41) is 6.65. The van der Waals surface area contributed by atoms with Crippen LogP contribution < -0.4 is 10.6 Å². The molecule has 0 atom stereocenters. The number of guanidine groups is 1. The van der Waals surface area contributed by atoms with E-state index in [0.29, 0.717) is 12.6 Å². The van der Waals surface area contributed by atoms with Crippen LogP contribution in [0.25, 0.3) is 0 Å². The topological polar surface area (TPSA) is 39.7 Å². The van der Waals surface area contributed by atoms with Crippen molar-refractivity contribution in [3.8, 4) is 0 Å². The van der Waals surface area contributed by atoms with E-state index < -0.39 is 0 Å². The number of benzene rings is 1. The summed E-state index contributed by atoms with van der Waals surface area (Å²) in [6.45, 7) is 10.1. The number of hydrogen-bond donors (Lipinski definition) is 2. The molecule has 0 aliphatic rings. The SMILES string of the molecule is CCN(CCNC(=NC)NCc1ccc(F)cc1CSC)C(C)C.I. The molecule has 0 radical (unpaired) electrons. The number of hydrogen-bond acceptors (Lipinski definition) is 3. The van der Waals surface area contributed by atoms with Gasteiger partial charge in [0.05, 0.1) is 0 Å². The predicted molar refractivity (Wildman–Crippen MR) is 120 cm³/mol. The van der Waals surface area contributed by atoms with Crippen LogP contribution in [0.1, 0.15) is 31.9 Å². The Labute approximate surface area is 173 Å². The van der Waals surface area contributed by atoms with E-state index in [0.717, 1.165) is 42.5 Å². The second-order valence-corrected chi connectivity index (χ2v) is 6.79. The lowest BCUT2D eigenvalue weighted by Crippen LogP contribution is -2.42. The molecule has 0 aliphatic carbocycles. The molecule has 0 saturated heterocycles. The van der Waals surface area contributed by atoms with Gasteiger partial charge in [0.2, 0.25) is 0 Å². The average Bonchev–Trinajstić information content (AvgIpc) is 2.55. The maximum absolute atomic E-state index is 13.4. The van der Waals surface area contributed by atoms with Crippen molar-refractivity contribution in [1.29, 1.82) is 0 Å². The molecule has 0 spiro atoms. The van der Waals surface area contributed by atoms with Gasteiger partial charge in [0.1, 0.15) is 5.82 Å². The van der Waals surface area contributed by atoms with Gasteiger partial charge in [-0.3, -0.25) is 9.89 Å². The second-order valence-electron chi connectivity index (χ2n) is 5.92. The van der Waals surface area contributed by atoms with E-state index in [4.69, 9.17) is 0 Å². The lowest BCUT2D eigenvalue weighted by molar-refractivity contribution is 0.237. The molecule has 2 N–H and O–H groups in total. The van der Waals surface area contributed by atoms with Gasteiger partial charge < -0.3 is 10.6 Å². The van der Waals surface area contributed by atoms with Crippen molar-refractivity contribution in [2.75, 3.05) is 32.9 Å². The van der Waals surface area contributed by atoms with Crippen molar-refractivity contribution in [1.82, 2.24) is 15.5 Å². The smallest absolute Gasteiger partial charge is 0.191 e. The zero-order chi connectivity index (χ0) is 17.9. The average molecular weight is 482 g/mol. The van der Waals surface area contributed by atoms with Gasteiger partial charge in [-0.1, -0.05) is 13.0 Å². The number of aliphatic imine (C=N–C) groups is 1. The first-order valence-electron chi connectivity index (χ1n) is 8.46. The molecular formula is C18H32FIN4S. The summed E-state index contributed by atoms with van der Waals surface area (Å²) in [6.07, 6.45) is 2.02. The number of nitrogens with one attached hydrogen (secondary N) is 2. The quantitative estimate of drug-likeness (QED) is 0.320. The van der Waals surface area contributed by atoms with Crippen molar-refractivity contribution in [2.24, 2.45) is 4.99 Å². The minimum absolute atomic E-state index is 0. The number of nitrogens with zero attached hydrogens (tertiary/aromatic N) is 2. The first-order chi connectivity index (χ1) is 11.5. The Morgan fingerprint density at radius 2 is 2.00 bits per heavy atom. The van der Waals surface area contributed by atoms with Gasteiger partial charge in [0.25, 0.3) is 0 Å². The molecule has 0 amide bonds. The van der Waals surface area contributed by atoms with Crippen LogP contribution in [0.5, 0.6) is 0 Å². The van der Waals surface area contributed by atoms with Gasteiger partial charge in [-0.05, 0) is 49.9 Å². The van der Waals surface area contributed by atoms with Crippen molar-refractivity contribution in [3.05, 3.63) is 35.1 Å². The summed E-state index contributed by atoms with van der Waals surface area (Å²) in [5.41, 5.74) is 2.13. The van der Waals surface area contributed by atoms with Gasteiger partial charge in [0, 0.05) is 38.5 Å². The first-order valence-corrected chi connectivity index (χ1v) is 9.86. The zero-order valence-electron chi connectivity index (χ0n) is 15.9. The largest absolute Gasteiger partial charge is 0.355 e. The highest BCUT2D eigenvalue weighted by Crippen LogP contribution is 2.16. The van der Waals surface area contributed by atoms with Gasteiger partial charge in [-0.25, -0.2) is 4.39 Å². The molecule has 0 heterocycles. The summed E-state index contributed by atoms with van der Waals surface area (Å²) >= 11 is 1.69. The third-order valence-electron chi connectivity index (χ3n) is 3.97. The van der Waals surface area contributed by atoms with Gasteiger partial charge in [-0.15, -0.1) is 24.0 Å². The van der Waals surface area contributed by atoms with Crippen molar-refractivity contribution >= 4 is 41.7 Å². The van der Waals surface area contributed by atoms with Gasteiger partial charge >= 0.3 is 0 Å². The van der Waals surface area contributed by atoms with Crippen LogP contribution in [0, 0.1) is 5.82 Å². The van der Waals surface area contributed by atoms with Crippen molar-refractivity contribution in [2.45, 2.75) is 39.1 Å². The van der Waals surface area contributed by atoms with Gasteiger partial charge in [0.15, 0.2) is 5.96 Å². The Kier molecular flexibility index (Phi) is 13.3. The summed E-state index contributed by atoms with van der Waals surface area (Å²) in [7, 11) is 1.77. The van der Waals surface area contributed by atoms with E-state index in [1.54, 1.807) is 24.9 Å². The van der Waals surface area contributed by atoms with E-state index in [2.05, 4.69) is 41.3 Å². The molecule has 144 valence electrons. The number of rotatable bonds is 9. The standard InChI is InChI=1S/C18H31FN4S.HI/c1-6-23(14(2)3)10-9-21-18(20-4)22-12-15-7-8-17(19)11-16(15)13-24-5;/h7-8,11,14H,6,9-10,12-13H2,1-5H3,(H2,20,21,22);1H. The second kappa shape index (κ2) is 13.6. The van der Waals surface area contributed by atoms with Crippen LogP contribution in [0.15, 0.2) is 23.2 Å². The summed E-state index contributed by atoms with van der Waals surface area (Å²) in [5.74, 6) is 1.40. The first kappa shape index (κ1) is 24.5. The molecule has 1 aromatic rings. The fourth-order valence-corrected chi connectivity index (χ4v) is 3.14. The maximum atomic E-state index is 13.4. The van der Waals surface area contributed by atoms with Gasteiger partial charge in [-0.2, -0.15) is 11.8 Å². The highest BCUT2D eigenvalue weighted by Gasteiger charge is 2.08. The highest BCUT2D eigenvalue weighted by molar-refractivity contribution is 14.0. The lowest BCUT2D eigenvalue weighted by atomic mass is 10.1. The molecule has 0 bridgehead atoms. The normalized spacial score (nSPS) is 11.6. The molecule has 0 saturated carbocycles. The zero-order valence-corrected chi connectivity index (χ0v) is 19.1. The van der Waals surface area contributed by atoms with Crippen molar-refractivity contribution in [3.63, 3.8) is 0 Å². The lowest BCUT2D eigenvalue weighted by Gasteiger charge is -2.25. The van der Waals surface area contributed by atoms with E-state index in [9.17, 15) is 4.39 Å². The summed E-state index contributed by atoms with van der Waals surface area (Å²) < 4.78 is 13.4. The minimum Gasteiger partial charge on any atom is -0.355 e. The van der Waals surface area contributed by atoms with E-state index in [-0.39, 0.29) is 29.8 Å². The van der Waals surface area contributed by atoms with Crippen LogP contribution in [-0.4, -0.2) is 49.8 Å². The molecule has 1 aromatic carbocycles. The Bertz CT molecular complexity index is 526. The molecule has 0 fully saturated rings. The third-order valence-corrected chi connectivity index (χ3v) is 4.57. The predicted octanol–water partition coefficient (Wildman–Crippen LogP) is 3.70. The Morgan fingerprint density at radius 3 is 2.56 bits per heavy atom. The molecule has 0 aliphatic heterocycles. The molecule has 1 rings (SSSR count). The summed E-state index contributed by atoms with van der Waals surface area (Å²) in [6, 6.07) is 5.52. The van der Waals surface area contributed by atoms with Crippen LogP contribution in [0.3, 0.4) is 0 Å². The molecule has 7 heteroatoms. The Hall–Kier alpha value is -0.540. The van der Waals surface area contributed by atoms with Crippen LogP contribution in [-0.2, 0) is 12.3 Å². The molecule has 4 nitrogen and oxygen atoms in total. The fourth-order valence-electron chi connectivity index (χ4n) is 2.56. The van der Waals surface area contributed by atoms with Crippen LogP contribution in [0.2, 0.25) is 0 Å². The number of thioether (sulfide) groups is 1. The molecule has 25 heavy (non-hydrogen) atoms. The molecular weight excluding hydrogens is 450 g/mol. The fraction of sp³-hybridized carbons (Fsp3) is 0.611. The number of likely N-dealkylation sites (N-methyl/N-ethyl adjacent to an activating group) is 1. The third kappa shape index (κ3) is 9.10.